The minimum absolute atomic E-state index is 0.140. The summed E-state index contributed by atoms with van der Waals surface area (Å²) < 4.78 is 22.9. The van der Waals surface area contributed by atoms with E-state index in [2.05, 4.69) is 5.32 Å². The minimum atomic E-state index is -3.32. The van der Waals surface area contributed by atoms with E-state index in [1.807, 2.05) is 13.8 Å². The zero-order chi connectivity index (χ0) is 20.2. The number of nitrogens with one attached hydrogen (secondary N) is 1. The quantitative estimate of drug-likeness (QED) is 0.793. The smallest absolute Gasteiger partial charge is 0.255 e. The summed E-state index contributed by atoms with van der Waals surface area (Å²) >= 11 is 6.22. The summed E-state index contributed by atoms with van der Waals surface area (Å²) in [7, 11) is -3.32. The molecule has 0 fully saturated rings. The number of carbonyl (C=O) groups is 2. The standard InChI is InChI=1S/C19H21ClN2O4S/c1-4-22(5-2)19(24)16-11-8-14(12-17(16)20)21-18(23)13-6-9-15(10-7-13)27(3,25)26/h6-12H,4-5H2,1-3H3,(H,21,23). The largest absolute Gasteiger partial charge is 0.339 e. The molecule has 0 radical (unpaired) electrons. The SMILES string of the molecule is CCN(CC)C(=O)c1ccc(NC(=O)c2ccc(S(C)(=O)=O)cc2)cc1Cl. The predicted molar refractivity (Wildman–Crippen MR) is 106 cm³/mol. The number of rotatable bonds is 6. The highest BCUT2D eigenvalue weighted by molar-refractivity contribution is 7.90. The van der Waals surface area contributed by atoms with Crippen LogP contribution < -0.4 is 5.32 Å². The second kappa shape index (κ2) is 8.54. The van der Waals surface area contributed by atoms with Crippen LogP contribution in [0.15, 0.2) is 47.4 Å². The summed E-state index contributed by atoms with van der Waals surface area (Å²) in [5.74, 6) is -0.576. The Morgan fingerprint density at radius 2 is 1.63 bits per heavy atom. The lowest BCUT2D eigenvalue weighted by molar-refractivity contribution is 0.0773. The molecule has 0 bridgehead atoms. The summed E-state index contributed by atoms with van der Waals surface area (Å²) in [6.07, 6.45) is 1.10. The first-order valence-electron chi connectivity index (χ1n) is 8.37. The van der Waals surface area contributed by atoms with Crippen molar-refractivity contribution in [2.45, 2.75) is 18.7 Å². The van der Waals surface area contributed by atoms with E-state index in [9.17, 15) is 18.0 Å². The van der Waals surface area contributed by atoms with E-state index in [0.717, 1.165) is 6.26 Å². The maximum atomic E-state index is 12.4. The first kappa shape index (κ1) is 20.9. The van der Waals surface area contributed by atoms with Gasteiger partial charge in [0.2, 0.25) is 0 Å². The Hall–Kier alpha value is -2.38. The van der Waals surface area contributed by atoms with Gasteiger partial charge in [-0.1, -0.05) is 11.6 Å². The van der Waals surface area contributed by atoms with Gasteiger partial charge < -0.3 is 10.2 Å². The van der Waals surface area contributed by atoms with Gasteiger partial charge in [-0.05, 0) is 56.3 Å². The van der Waals surface area contributed by atoms with Crippen LogP contribution in [-0.4, -0.2) is 44.5 Å². The van der Waals surface area contributed by atoms with Gasteiger partial charge in [0.1, 0.15) is 0 Å². The van der Waals surface area contributed by atoms with E-state index in [-0.39, 0.29) is 15.8 Å². The second-order valence-corrected chi connectivity index (χ2v) is 8.35. The fourth-order valence-electron chi connectivity index (χ4n) is 2.50. The fourth-order valence-corrected chi connectivity index (χ4v) is 3.40. The molecule has 8 heteroatoms. The number of anilines is 1. The Bertz CT molecular complexity index is 952. The third-order valence-corrected chi connectivity index (χ3v) is 5.49. The van der Waals surface area contributed by atoms with Crippen LogP contribution in [0.3, 0.4) is 0 Å². The van der Waals surface area contributed by atoms with Crippen molar-refractivity contribution in [3.63, 3.8) is 0 Å². The summed E-state index contributed by atoms with van der Waals surface area (Å²) in [4.78, 5) is 26.5. The lowest BCUT2D eigenvalue weighted by Crippen LogP contribution is -2.30. The van der Waals surface area contributed by atoms with Crippen LogP contribution in [-0.2, 0) is 9.84 Å². The molecular formula is C19H21ClN2O4S. The van der Waals surface area contributed by atoms with Gasteiger partial charge in [0.15, 0.2) is 9.84 Å². The van der Waals surface area contributed by atoms with Gasteiger partial charge in [-0.3, -0.25) is 9.59 Å². The monoisotopic (exact) mass is 408 g/mol. The molecule has 2 amide bonds. The maximum Gasteiger partial charge on any atom is 0.255 e. The zero-order valence-corrected chi connectivity index (χ0v) is 16.9. The van der Waals surface area contributed by atoms with E-state index < -0.39 is 15.7 Å². The molecule has 0 unspecified atom stereocenters. The van der Waals surface area contributed by atoms with Crippen molar-refractivity contribution < 1.29 is 18.0 Å². The first-order chi connectivity index (χ1) is 12.7. The number of halogens is 1. The summed E-state index contributed by atoms with van der Waals surface area (Å²) in [6, 6.07) is 10.3. The molecule has 2 aromatic rings. The molecule has 0 spiro atoms. The summed E-state index contributed by atoms with van der Waals surface area (Å²) in [5, 5.41) is 2.93. The molecule has 0 aromatic heterocycles. The third-order valence-electron chi connectivity index (χ3n) is 4.05. The normalized spacial score (nSPS) is 11.1. The molecule has 1 N–H and O–H groups in total. The van der Waals surface area contributed by atoms with Gasteiger partial charge >= 0.3 is 0 Å². The molecule has 0 atom stereocenters. The molecule has 0 saturated carbocycles. The number of benzene rings is 2. The Morgan fingerprint density at radius 1 is 1.04 bits per heavy atom. The van der Waals surface area contributed by atoms with Crippen molar-refractivity contribution >= 4 is 38.9 Å². The predicted octanol–water partition coefficient (Wildman–Crippen LogP) is 3.48. The average Bonchev–Trinajstić information content (AvgIpc) is 2.62. The maximum absolute atomic E-state index is 12.4. The average molecular weight is 409 g/mol. The summed E-state index contributed by atoms with van der Waals surface area (Å²) in [5.41, 5.74) is 1.12. The van der Waals surface area contributed by atoms with Crippen molar-refractivity contribution in [3.8, 4) is 0 Å². The van der Waals surface area contributed by atoms with E-state index in [0.29, 0.717) is 29.9 Å². The van der Waals surface area contributed by atoms with Gasteiger partial charge in [0.05, 0.1) is 15.5 Å². The van der Waals surface area contributed by atoms with E-state index in [1.54, 1.807) is 17.0 Å². The molecule has 0 heterocycles. The molecule has 6 nitrogen and oxygen atoms in total. The number of amides is 2. The van der Waals surface area contributed by atoms with Gasteiger partial charge in [-0.25, -0.2) is 8.42 Å². The van der Waals surface area contributed by atoms with Crippen molar-refractivity contribution in [3.05, 3.63) is 58.6 Å². The van der Waals surface area contributed by atoms with Crippen LogP contribution in [0.25, 0.3) is 0 Å². The Balaban J connectivity index is 2.17. The molecule has 0 aliphatic heterocycles. The lowest BCUT2D eigenvalue weighted by atomic mass is 10.1. The molecular weight excluding hydrogens is 388 g/mol. The molecule has 2 aromatic carbocycles. The van der Waals surface area contributed by atoms with Crippen LogP contribution in [0.5, 0.6) is 0 Å². The van der Waals surface area contributed by atoms with E-state index in [4.69, 9.17) is 11.6 Å². The molecule has 0 aliphatic carbocycles. The zero-order valence-electron chi connectivity index (χ0n) is 15.3. The number of sulfone groups is 1. The highest BCUT2D eigenvalue weighted by Gasteiger charge is 2.17. The van der Waals surface area contributed by atoms with Crippen molar-refractivity contribution in [2.24, 2.45) is 0 Å². The lowest BCUT2D eigenvalue weighted by Gasteiger charge is -2.19. The summed E-state index contributed by atoms with van der Waals surface area (Å²) in [6.45, 7) is 4.93. The number of carbonyl (C=O) groups excluding carboxylic acids is 2. The van der Waals surface area contributed by atoms with Crippen LogP contribution in [0.4, 0.5) is 5.69 Å². The second-order valence-electron chi connectivity index (χ2n) is 5.92. The van der Waals surface area contributed by atoms with Crippen molar-refractivity contribution in [1.82, 2.24) is 4.90 Å². The van der Waals surface area contributed by atoms with Gasteiger partial charge in [-0.15, -0.1) is 0 Å². The van der Waals surface area contributed by atoms with Crippen molar-refractivity contribution in [2.75, 3.05) is 24.7 Å². The molecule has 0 saturated heterocycles. The number of hydrogen-bond acceptors (Lipinski definition) is 4. The highest BCUT2D eigenvalue weighted by Crippen LogP contribution is 2.23. The topological polar surface area (TPSA) is 83.6 Å². The first-order valence-corrected chi connectivity index (χ1v) is 10.6. The van der Waals surface area contributed by atoms with Gasteiger partial charge in [0.25, 0.3) is 11.8 Å². The van der Waals surface area contributed by atoms with E-state index >= 15 is 0 Å². The number of hydrogen-bond donors (Lipinski definition) is 1. The Labute approximate surface area is 164 Å². The Kier molecular flexibility index (Phi) is 6.62. The Morgan fingerprint density at radius 3 is 2.11 bits per heavy atom. The van der Waals surface area contributed by atoms with Gasteiger partial charge in [0, 0.05) is 30.6 Å². The van der Waals surface area contributed by atoms with Gasteiger partial charge in [-0.2, -0.15) is 0 Å². The van der Waals surface area contributed by atoms with Crippen molar-refractivity contribution in [1.29, 1.82) is 0 Å². The minimum Gasteiger partial charge on any atom is -0.339 e. The third kappa shape index (κ3) is 5.08. The van der Waals surface area contributed by atoms with Crippen LogP contribution in [0.1, 0.15) is 34.6 Å². The highest BCUT2D eigenvalue weighted by atomic mass is 35.5. The molecule has 2 rings (SSSR count). The fraction of sp³-hybridized carbons (Fsp3) is 0.263. The van der Waals surface area contributed by atoms with Crippen LogP contribution >= 0.6 is 11.6 Å². The molecule has 0 aliphatic rings. The molecule has 144 valence electrons. The number of nitrogens with zero attached hydrogens (tertiary/aromatic N) is 1. The van der Waals surface area contributed by atoms with Crippen LogP contribution in [0.2, 0.25) is 5.02 Å². The van der Waals surface area contributed by atoms with Crippen LogP contribution in [0, 0.1) is 0 Å². The van der Waals surface area contributed by atoms with E-state index in [1.165, 1.54) is 30.3 Å². The molecule has 27 heavy (non-hydrogen) atoms.